The molecule has 0 radical (unpaired) electrons. The van der Waals surface area contributed by atoms with Gasteiger partial charge in [0.25, 0.3) is 11.5 Å². The number of hydrogen-bond donors (Lipinski definition) is 3. The van der Waals surface area contributed by atoms with E-state index in [-0.39, 0.29) is 11.0 Å². The quantitative estimate of drug-likeness (QED) is 0.537. The molecule has 0 spiro atoms. The zero-order chi connectivity index (χ0) is 19.6. The van der Waals surface area contributed by atoms with E-state index in [4.69, 9.17) is 5.11 Å². The maximum atomic E-state index is 12.4. The largest absolute Gasteiger partial charge is 0.506 e. The van der Waals surface area contributed by atoms with Gasteiger partial charge in [-0.2, -0.15) is 0 Å². The zero-order valence-electron chi connectivity index (χ0n) is 14.9. The molecular formula is C17H19N3O5Si. The van der Waals surface area contributed by atoms with Gasteiger partial charge in [-0.25, -0.2) is 4.98 Å². The zero-order valence-corrected chi connectivity index (χ0v) is 15.9. The first kappa shape index (κ1) is 19.2. The summed E-state index contributed by atoms with van der Waals surface area (Å²) in [5, 5.41) is 21.3. The third kappa shape index (κ3) is 4.10. The van der Waals surface area contributed by atoms with E-state index in [0.29, 0.717) is 5.69 Å². The summed E-state index contributed by atoms with van der Waals surface area (Å²) in [6, 6.07) is 3.12. The molecule has 2 aromatic rings. The molecule has 0 saturated carbocycles. The van der Waals surface area contributed by atoms with E-state index in [9.17, 15) is 19.5 Å². The summed E-state index contributed by atoms with van der Waals surface area (Å²) in [6.07, 6.45) is 0. The van der Waals surface area contributed by atoms with Crippen LogP contribution in [-0.4, -0.2) is 46.3 Å². The summed E-state index contributed by atoms with van der Waals surface area (Å²) in [5.74, 6) is 0.209. The number of amides is 1. The Balaban J connectivity index is 2.60. The second-order valence-electron chi connectivity index (χ2n) is 6.73. The SMILES string of the molecule is Cn1c(=O)c(C(=O)NCC(=O)O)c(O)c2ccc(C#C[Si](C)(C)C)nc21. The van der Waals surface area contributed by atoms with Crippen LogP contribution in [0.1, 0.15) is 16.1 Å². The van der Waals surface area contributed by atoms with Crippen molar-refractivity contribution in [2.75, 3.05) is 6.54 Å². The second kappa shape index (κ2) is 7.01. The number of rotatable bonds is 3. The van der Waals surface area contributed by atoms with E-state index in [2.05, 4.69) is 41.4 Å². The molecular weight excluding hydrogens is 354 g/mol. The maximum Gasteiger partial charge on any atom is 0.322 e. The molecule has 0 unspecified atom stereocenters. The molecule has 3 N–H and O–H groups in total. The molecule has 0 saturated heterocycles. The number of carboxylic acid groups (broad SMARTS) is 1. The standard InChI is InChI=1S/C17H19N3O5Si/c1-20-15-11(6-5-10(19-15)7-8-26(2,3)4)14(23)13(17(20)25)16(24)18-9-12(21)22/h5-6,23H,9H2,1-4H3,(H,18,24)(H,21,22). The van der Waals surface area contributed by atoms with Gasteiger partial charge in [-0.15, -0.1) is 5.54 Å². The van der Waals surface area contributed by atoms with Gasteiger partial charge in [0.1, 0.15) is 37.3 Å². The summed E-state index contributed by atoms with van der Waals surface area (Å²) in [5.41, 5.74) is 2.50. The first-order chi connectivity index (χ1) is 12.0. The van der Waals surface area contributed by atoms with Gasteiger partial charge in [0.05, 0.1) is 5.39 Å². The van der Waals surface area contributed by atoms with Crippen LogP contribution in [0.3, 0.4) is 0 Å². The number of carboxylic acids is 1. The smallest absolute Gasteiger partial charge is 0.322 e. The highest BCUT2D eigenvalue weighted by Crippen LogP contribution is 2.25. The summed E-state index contributed by atoms with van der Waals surface area (Å²) in [4.78, 5) is 39.4. The molecule has 0 aliphatic carbocycles. The predicted octanol–water partition coefficient (Wildman–Crippen LogP) is 0.682. The summed E-state index contributed by atoms with van der Waals surface area (Å²) >= 11 is 0. The first-order valence-corrected chi connectivity index (χ1v) is 11.3. The van der Waals surface area contributed by atoms with Crippen LogP contribution in [-0.2, 0) is 11.8 Å². The Labute approximate surface area is 150 Å². The number of nitrogens with zero attached hydrogens (tertiary/aromatic N) is 2. The van der Waals surface area contributed by atoms with Gasteiger partial charge in [-0.3, -0.25) is 19.0 Å². The van der Waals surface area contributed by atoms with Gasteiger partial charge < -0.3 is 15.5 Å². The van der Waals surface area contributed by atoms with Crippen molar-refractivity contribution in [2.45, 2.75) is 19.6 Å². The molecule has 2 rings (SSSR count). The Morgan fingerprint density at radius 2 is 1.96 bits per heavy atom. The van der Waals surface area contributed by atoms with E-state index < -0.39 is 43.4 Å². The van der Waals surface area contributed by atoms with Crippen molar-refractivity contribution in [3.63, 3.8) is 0 Å². The van der Waals surface area contributed by atoms with Crippen molar-refractivity contribution < 1.29 is 19.8 Å². The number of aryl methyl sites for hydroxylation is 1. The summed E-state index contributed by atoms with van der Waals surface area (Å²) in [6.45, 7) is 5.60. The van der Waals surface area contributed by atoms with Crippen LogP contribution in [0, 0.1) is 11.5 Å². The van der Waals surface area contributed by atoms with Gasteiger partial charge in [-0.1, -0.05) is 25.6 Å². The van der Waals surface area contributed by atoms with Crippen molar-refractivity contribution in [1.82, 2.24) is 14.9 Å². The Morgan fingerprint density at radius 1 is 1.31 bits per heavy atom. The number of nitrogens with one attached hydrogen (secondary N) is 1. The van der Waals surface area contributed by atoms with E-state index in [1.807, 2.05) is 0 Å². The van der Waals surface area contributed by atoms with Crippen LogP contribution in [0.5, 0.6) is 5.75 Å². The molecule has 1 amide bonds. The topological polar surface area (TPSA) is 122 Å². The van der Waals surface area contributed by atoms with Crippen molar-refractivity contribution in [1.29, 1.82) is 0 Å². The first-order valence-electron chi connectivity index (χ1n) is 7.77. The summed E-state index contributed by atoms with van der Waals surface area (Å²) < 4.78 is 1.13. The fraction of sp³-hybridized carbons (Fsp3) is 0.294. The van der Waals surface area contributed by atoms with Crippen molar-refractivity contribution in [3.8, 4) is 17.2 Å². The average Bonchev–Trinajstić information content (AvgIpc) is 2.55. The fourth-order valence-electron chi connectivity index (χ4n) is 2.16. The monoisotopic (exact) mass is 373 g/mol. The molecule has 26 heavy (non-hydrogen) atoms. The minimum absolute atomic E-state index is 0.185. The molecule has 0 atom stereocenters. The van der Waals surface area contributed by atoms with Crippen LogP contribution in [0.25, 0.3) is 11.0 Å². The number of aliphatic carboxylic acids is 1. The van der Waals surface area contributed by atoms with Gasteiger partial charge in [0, 0.05) is 7.05 Å². The van der Waals surface area contributed by atoms with Gasteiger partial charge in [0.15, 0.2) is 0 Å². The number of aromatic nitrogens is 2. The maximum absolute atomic E-state index is 12.4. The molecule has 9 heteroatoms. The Morgan fingerprint density at radius 3 is 2.54 bits per heavy atom. The molecule has 0 aliphatic rings. The van der Waals surface area contributed by atoms with Crippen molar-refractivity contribution in [2.24, 2.45) is 7.05 Å². The number of carbonyl (C=O) groups is 2. The minimum atomic E-state index is -1.61. The van der Waals surface area contributed by atoms with Gasteiger partial charge >= 0.3 is 5.97 Å². The third-order valence-corrected chi connectivity index (χ3v) is 4.27. The molecule has 2 aromatic heterocycles. The van der Waals surface area contributed by atoms with Gasteiger partial charge in [0.2, 0.25) is 0 Å². The molecule has 0 aliphatic heterocycles. The average molecular weight is 373 g/mol. The normalized spacial score (nSPS) is 10.9. The Bertz CT molecular complexity index is 1030. The van der Waals surface area contributed by atoms with Crippen LogP contribution >= 0.6 is 0 Å². The van der Waals surface area contributed by atoms with E-state index in [0.717, 1.165) is 4.57 Å². The van der Waals surface area contributed by atoms with Crippen LogP contribution in [0.2, 0.25) is 19.6 Å². The second-order valence-corrected chi connectivity index (χ2v) is 11.5. The molecule has 2 heterocycles. The molecule has 0 fully saturated rings. The summed E-state index contributed by atoms with van der Waals surface area (Å²) in [7, 11) is -0.188. The number of aromatic hydroxyl groups is 1. The number of fused-ring (bicyclic) bond motifs is 1. The van der Waals surface area contributed by atoms with Crippen LogP contribution in [0.4, 0.5) is 0 Å². The number of hydrogen-bond acceptors (Lipinski definition) is 5. The lowest BCUT2D eigenvalue weighted by Crippen LogP contribution is -2.35. The molecule has 0 bridgehead atoms. The van der Waals surface area contributed by atoms with E-state index >= 15 is 0 Å². The minimum Gasteiger partial charge on any atom is -0.506 e. The predicted molar refractivity (Wildman–Crippen MR) is 98.8 cm³/mol. The van der Waals surface area contributed by atoms with E-state index in [1.165, 1.54) is 13.1 Å². The Hall–Kier alpha value is -3.12. The third-order valence-electron chi connectivity index (χ3n) is 3.40. The lowest BCUT2D eigenvalue weighted by atomic mass is 10.1. The highest BCUT2D eigenvalue weighted by Gasteiger charge is 2.22. The van der Waals surface area contributed by atoms with Gasteiger partial charge in [-0.05, 0) is 12.1 Å². The highest BCUT2D eigenvalue weighted by atomic mass is 28.3. The molecule has 8 nitrogen and oxygen atoms in total. The molecule has 136 valence electrons. The number of carbonyl (C=O) groups excluding carboxylic acids is 1. The lowest BCUT2D eigenvalue weighted by molar-refractivity contribution is -0.135. The molecule has 0 aromatic carbocycles. The van der Waals surface area contributed by atoms with Crippen LogP contribution in [0.15, 0.2) is 16.9 Å². The van der Waals surface area contributed by atoms with Crippen molar-refractivity contribution >= 4 is 31.0 Å². The van der Waals surface area contributed by atoms with Crippen molar-refractivity contribution in [3.05, 3.63) is 33.7 Å². The van der Waals surface area contributed by atoms with E-state index in [1.54, 1.807) is 6.07 Å². The Kier molecular flexibility index (Phi) is 5.18. The lowest BCUT2D eigenvalue weighted by Gasteiger charge is -2.11. The highest BCUT2D eigenvalue weighted by molar-refractivity contribution is 6.83. The van der Waals surface area contributed by atoms with Crippen LogP contribution < -0.4 is 10.9 Å². The number of pyridine rings is 2. The fourth-order valence-corrected chi connectivity index (χ4v) is 2.66.